The Kier molecular flexibility index (Phi) is 7.37. The number of rotatable bonds is 7. The van der Waals surface area contributed by atoms with E-state index in [0.717, 1.165) is 37.0 Å². The van der Waals surface area contributed by atoms with Gasteiger partial charge in [0.25, 0.3) is 0 Å². The molecule has 1 aliphatic rings. The van der Waals surface area contributed by atoms with Crippen LogP contribution in [-0.4, -0.2) is 45.7 Å². The number of ether oxygens (including phenoxy) is 1. The van der Waals surface area contributed by atoms with Gasteiger partial charge in [0, 0.05) is 18.3 Å². The summed E-state index contributed by atoms with van der Waals surface area (Å²) in [6.45, 7) is 3.18. The van der Waals surface area contributed by atoms with E-state index in [-0.39, 0.29) is 29.7 Å². The maximum Gasteiger partial charge on any atom is 0.416 e. The van der Waals surface area contributed by atoms with Crippen LogP contribution in [0.2, 0.25) is 0 Å². The minimum absolute atomic E-state index is 0.0311. The minimum atomic E-state index is -4.99. The number of nitriles is 1. The molecule has 1 saturated heterocycles. The van der Waals surface area contributed by atoms with Gasteiger partial charge < -0.3 is 15.0 Å². The molecule has 4 rings (SSSR count). The molecule has 7 nitrogen and oxygen atoms in total. The predicted molar refractivity (Wildman–Crippen MR) is 117 cm³/mol. The van der Waals surface area contributed by atoms with Crippen LogP contribution in [0.3, 0.4) is 0 Å². The number of hydrogen-bond acceptors (Lipinski definition) is 6. The predicted octanol–water partition coefficient (Wildman–Crippen LogP) is 5.38. The molecular weight excluding hydrogens is 490 g/mol. The lowest BCUT2D eigenvalue weighted by atomic mass is 10.1. The topological polar surface area (TPSA) is 78.5 Å². The third kappa shape index (κ3) is 6.06. The third-order valence-corrected chi connectivity index (χ3v) is 5.76. The molecule has 1 fully saturated rings. The van der Waals surface area contributed by atoms with Gasteiger partial charge in [-0.15, -0.1) is 0 Å². The fraction of sp³-hybridized carbons (Fsp3) is 0.435. The molecule has 0 atom stereocenters. The van der Waals surface area contributed by atoms with E-state index >= 15 is 0 Å². The highest BCUT2D eigenvalue weighted by Gasteiger charge is 2.37. The van der Waals surface area contributed by atoms with Crippen molar-refractivity contribution >= 4 is 17.2 Å². The lowest BCUT2D eigenvalue weighted by Crippen LogP contribution is -2.32. The van der Waals surface area contributed by atoms with Crippen LogP contribution in [0.1, 0.15) is 41.6 Å². The Hall–Kier alpha value is -3.37. The number of nitrogens with zero attached hydrogens (tertiary/aromatic N) is 5. The van der Waals surface area contributed by atoms with Gasteiger partial charge in [0.1, 0.15) is 17.5 Å². The van der Waals surface area contributed by atoms with E-state index in [9.17, 15) is 31.6 Å². The summed E-state index contributed by atoms with van der Waals surface area (Å²) in [7, 11) is 0. The zero-order valence-corrected chi connectivity index (χ0v) is 19.0. The Morgan fingerprint density at radius 2 is 1.64 bits per heavy atom. The summed E-state index contributed by atoms with van der Waals surface area (Å²) < 4.78 is 86.5. The van der Waals surface area contributed by atoms with Crippen molar-refractivity contribution in [2.24, 2.45) is 0 Å². The van der Waals surface area contributed by atoms with E-state index in [4.69, 9.17) is 4.74 Å². The van der Waals surface area contributed by atoms with Gasteiger partial charge in [-0.2, -0.15) is 41.2 Å². The Morgan fingerprint density at radius 3 is 2.25 bits per heavy atom. The van der Waals surface area contributed by atoms with Gasteiger partial charge in [-0.05, 0) is 44.1 Å². The Balaban J connectivity index is 1.61. The molecule has 0 unspecified atom stereocenters. The first-order valence-corrected chi connectivity index (χ1v) is 11.2. The number of aromatic nitrogens is 3. The number of halogens is 6. The summed E-state index contributed by atoms with van der Waals surface area (Å²) in [5.41, 5.74) is -2.83. The van der Waals surface area contributed by atoms with E-state index in [2.05, 4.69) is 20.3 Å². The SMILES string of the molecule is N#Cc1cnn2c(Nc3cc(C(F)(F)F)cc(C(F)(F)F)c3)cc(COCCN3CCCCC3)nc12. The van der Waals surface area contributed by atoms with Crippen LogP contribution in [0.25, 0.3) is 5.65 Å². The van der Waals surface area contributed by atoms with Gasteiger partial charge in [-0.1, -0.05) is 6.42 Å². The Labute approximate surface area is 202 Å². The van der Waals surface area contributed by atoms with Crippen molar-refractivity contribution in [3.05, 3.63) is 52.8 Å². The van der Waals surface area contributed by atoms with Crippen molar-refractivity contribution in [1.82, 2.24) is 19.5 Å². The lowest BCUT2D eigenvalue weighted by Gasteiger charge is -2.26. The Bertz CT molecular complexity index is 1220. The summed E-state index contributed by atoms with van der Waals surface area (Å²) in [4.78, 5) is 6.63. The summed E-state index contributed by atoms with van der Waals surface area (Å²) in [5, 5.41) is 15.9. The standard InChI is InChI=1S/C23H22F6N6O/c24-22(25,26)16-8-17(23(27,28)29)10-18(9-16)32-20-11-19(33-21-15(12-30)13-31-35(20)21)14-36-7-6-34-4-2-1-3-5-34/h8-11,13,32H,1-7,14H2. The van der Waals surface area contributed by atoms with E-state index in [1.54, 1.807) is 0 Å². The molecule has 0 amide bonds. The molecule has 1 aromatic carbocycles. The molecule has 3 aromatic rings. The Morgan fingerprint density at radius 1 is 0.972 bits per heavy atom. The minimum Gasteiger partial charge on any atom is -0.374 e. The van der Waals surface area contributed by atoms with Crippen molar-refractivity contribution in [2.75, 3.05) is 31.6 Å². The van der Waals surface area contributed by atoms with Gasteiger partial charge in [-0.25, -0.2) is 4.98 Å². The highest BCUT2D eigenvalue weighted by Crippen LogP contribution is 2.38. The second kappa shape index (κ2) is 10.3. The number of fused-ring (bicyclic) bond motifs is 1. The summed E-state index contributed by atoms with van der Waals surface area (Å²) >= 11 is 0. The molecule has 0 radical (unpaired) electrons. The molecule has 192 valence electrons. The number of alkyl halides is 6. The molecule has 3 heterocycles. The molecule has 36 heavy (non-hydrogen) atoms. The molecular formula is C23H22F6N6O. The maximum atomic E-state index is 13.3. The van der Waals surface area contributed by atoms with Crippen LogP contribution in [0, 0.1) is 11.3 Å². The summed E-state index contributed by atoms with van der Waals surface area (Å²) in [6, 6.07) is 4.53. The smallest absolute Gasteiger partial charge is 0.374 e. The molecule has 0 bridgehead atoms. The average Bonchev–Trinajstić information content (AvgIpc) is 3.24. The van der Waals surface area contributed by atoms with Crippen LogP contribution in [0.15, 0.2) is 30.5 Å². The van der Waals surface area contributed by atoms with Crippen LogP contribution in [0.4, 0.5) is 37.8 Å². The van der Waals surface area contributed by atoms with Crippen LogP contribution < -0.4 is 5.32 Å². The summed E-state index contributed by atoms with van der Waals surface area (Å²) in [6.07, 6.45) is -5.29. The van der Waals surface area contributed by atoms with E-state index in [1.165, 1.54) is 18.7 Å². The average molecular weight is 512 g/mol. The quantitative estimate of drug-likeness (QED) is 0.338. The molecule has 0 saturated carbocycles. The number of nitrogens with one attached hydrogen (secondary N) is 1. The summed E-state index contributed by atoms with van der Waals surface area (Å²) in [5.74, 6) is 0.0311. The largest absolute Gasteiger partial charge is 0.416 e. The zero-order chi connectivity index (χ0) is 25.9. The van der Waals surface area contributed by atoms with E-state index < -0.39 is 29.2 Å². The van der Waals surface area contributed by atoms with Gasteiger partial charge >= 0.3 is 12.4 Å². The van der Waals surface area contributed by atoms with Crippen LogP contribution in [0.5, 0.6) is 0 Å². The van der Waals surface area contributed by atoms with Crippen molar-refractivity contribution in [1.29, 1.82) is 5.26 Å². The maximum absolute atomic E-state index is 13.3. The molecule has 2 aromatic heterocycles. The number of piperidine rings is 1. The zero-order valence-electron chi connectivity index (χ0n) is 19.0. The first-order valence-electron chi connectivity index (χ1n) is 11.2. The first-order chi connectivity index (χ1) is 17.0. The van der Waals surface area contributed by atoms with E-state index in [1.807, 2.05) is 6.07 Å². The monoisotopic (exact) mass is 512 g/mol. The van der Waals surface area contributed by atoms with Crippen LogP contribution in [-0.2, 0) is 23.7 Å². The van der Waals surface area contributed by atoms with E-state index in [0.29, 0.717) is 24.4 Å². The van der Waals surface area contributed by atoms with Gasteiger partial charge in [0.05, 0.1) is 36.2 Å². The van der Waals surface area contributed by atoms with Gasteiger partial charge in [0.15, 0.2) is 5.65 Å². The lowest BCUT2D eigenvalue weighted by molar-refractivity contribution is -0.143. The van der Waals surface area contributed by atoms with Gasteiger partial charge in [0.2, 0.25) is 0 Å². The highest BCUT2D eigenvalue weighted by atomic mass is 19.4. The fourth-order valence-electron chi connectivity index (χ4n) is 3.98. The van der Waals surface area contributed by atoms with Crippen molar-refractivity contribution in [3.63, 3.8) is 0 Å². The van der Waals surface area contributed by atoms with Crippen LogP contribution >= 0.6 is 0 Å². The number of hydrogen-bond donors (Lipinski definition) is 1. The van der Waals surface area contributed by atoms with Crippen molar-refractivity contribution in [2.45, 2.75) is 38.2 Å². The fourth-order valence-corrected chi connectivity index (χ4v) is 3.98. The number of benzene rings is 1. The normalized spacial score (nSPS) is 15.2. The molecule has 1 N–H and O–H groups in total. The second-order valence-corrected chi connectivity index (χ2v) is 8.41. The van der Waals surface area contributed by atoms with Crippen molar-refractivity contribution < 1.29 is 31.1 Å². The van der Waals surface area contributed by atoms with Gasteiger partial charge in [-0.3, -0.25) is 0 Å². The molecule has 0 aliphatic carbocycles. The third-order valence-electron chi connectivity index (χ3n) is 5.76. The molecule has 0 spiro atoms. The molecule has 1 aliphatic heterocycles. The highest BCUT2D eigenvalue weighted by molar-refractivity contribution is 5.65. The first kappa shape index (κ1) is 25.7. The molecule has 13 heteroatoms. The van der Waals surface area contributed by atoms with Crippen molar-refractivity contribution in [3.8, 4) is 6.07 Å². The second-order valence-electron chi connectivity index (χ2n) is 8.41. The number of likely N-dealkylation sites (tertiary alicyclic amines) is 1. The number of anilines is 2.